The smallest absolute Gasteiger partial charge is 0.264 e. The van der Waals surface area contributed by atoms with Gasteiger partial charge in [-0.05, 0) is 36.8 Å². The van der Waals surface area contributed by atoms with Gasteiger partial charge in [0, 0.05) is 9.37 Å². The number of thioether (sulfide) groups is 1. The highest BCUT2D eigenvalue weighted by molar-refractivity contribution is 9.10. The molecule has 2 nitrogen and oxygen atoms in total. The average Bonchev–Trinajstić information content (AvgIpc) is 2.42. The third kappa shape index (κ3) is 2.19. The first-order valence-electron chi connectivity index (χ1n) is 6.14. The van der Waals surface area contributed by atoms with E-state index in [9.17, 15) is 4.79 Å². The third-order valence-electron chi connectivity index (χ3n) is 3.21. The lowest BCUT2D eigenvalue weighted by Crippen LogP contribution is -2.32. The summed E-state index contributed by atoms with van der Waals surface area (Å²) in [4.78, 5) is 15.4. The molecule has 0 aromatic heterocycles. The number of anilines is 1. The molecule has 1 aliphatic rings. The standard InChI is InChI=1S/C16H12BrNOS/c1-10-5-3-4-6-14(10)18-11(2)20-15-8-7-12(17)9-13(15)16(18)19/h3-9H,2H2,1H3. The number of para-hydroxylation sites is 1. The summed E-state index contributed by atoms with van der Waals surface area (Å²) in [5.41, 5.74) is 2.65. The van der Waals surface area contributed by atoms with E-state index in [1.54, 1.807) is 4.90 Å². The van der Waals surface area contributed by atoms with Crippen LogP contribution in [0.3, 0.4) is 0 Å². The van der Waals surface area contributed by atoms with Gasteiger partial charge >= 0.3 is 0 Å². The predicted octanol–water partition coefficient (Wildman–Crippen LogP) is 4.98. The number of fused-ring (bicyclic) bond motifs is 1. The molecule has 0 saturated carbocycles. The Kier molecular flexibility index (Phi) is 3.44. The van der Waals surface area contributed by atoms with E-state index < -0.39 is 0 Å². The number of hydrogen-bond acceptors (Lipinski definition) is 2. The number of carbonyl (C=O) groups excluding carboxylic acids is 1. The van der Waals surface area contributed by atoms with Gasteiger partial charge in [-0.1, -0.05) is 52.5 Å². The Morgan fingerprint density at radius 1 is 1.20 bits per heavy atom. The maximum atomic E-state index is 12.8. The van der Waals surface area contributed by atoms with Gasteiger partial charge in [-0.3, -0.25) is 9.69 Å². The molecular weight excluding hydrogens is 334 g/mol. The lowest BCUT2D eigenvalue weighted by molar-refractivity contribution is 0.0992. The van der Waals surface area contributed by atoms with Crippen molar-refractivity contribution in [3.05, 3.63) is 69.7 Å². The van der Waals surface area contributed by atoms with E-state index in [0.717, 1.165) is 25.6 Å². The Hall–Kier alpha value is -1.52. The predicted molar refractivity (Wildman–Crippen MR) is 87.1 cm³/mol. The maximum Gasteiger partial charge on any atom is 0.264 e. The molecule has 0 atom stereocenters. The first-order valence-corrected chi connectivity index (χ1v) is 7.75. The van der Waals surface area contributed by atoms with E-state index >= 15 is 0 Å². The summed E-state index contributed by atoms with van der Waals surface area (Å²) in [7, 11) is 0. The van der Waals surface area contributed by atoms with E-state index in [1.807, 2.05) is 49.4 Å². The van der Waals surface area contributed by atoms with Gasteiger partial charge in [0.1, 0.15) is 0 Å². The van der Waals surface area contributed by atoms with E-state index in [4.69, 9.17) is 0 Å². The summed E-state index contributed by atoms with van der Waals surface area (Å²) in [5.74, 6) is -0.0284. The van der Waals surface area contributed by atoms with Crippen LogP contribution in [-0.4, -0.2) is 5.91 Å². The molecule has 0 bridgehead atoms. The van der Waals surface area contributed by atoms with E-state index in [2.05, 4.69) is 22.5 Å². The zero-order valence-electron chi connectivity index (χ0n) is 10.9. The van der Waals surface area contributed by atoms with Crippen LogP contribution in [0.1, 0.15) is 15.9 Å². The first-order chi connectivity index (χ1) is 9.58. The molecule has 3 rings (SSSR count). The van der Waals surface area contributed by atoms with Crippen molar-refractivity contribution in [3.63, 3.8) is 0 Å². The van der Waals surface area contributed by atoms with Crippen molar-refractivity contribution in [1.82, 2.24) is 0 Å². The van der Waals surface area contributed by atoms with Gasteiger partial charge < -0.3 is 0 Å². The highest BCUT2D eigenvalue weighted by atomic mass is 79.9. The Morgan fingerprint density at radius 2 is 1.95 bits per heavy atom. The first kappa shape index (κ1) is 13.5. The molecule has 0 saturated heterocycles. The van der Waals surface area contributed by atoms with E-state index in [0.29, 0.717) is 5.56 Å². The number of hydrogen-bond donors (Lipinski definition) is 0. The summed E-state index contributed by atoms with van der Waals surface area (Å²) < 4.78 is 0.905. The molecular formula is C16H12BrNOS. The van der Waals surface area contributed by atoms with Crippen LogP contribution in [0.4, 0.5) is 5.69 Å². The summed E-state index contributed by atoms with van der Waals surface area (Å²) in [5, 5.41) is 0.735. The number of benzene rings is 2. The van der Waals surface area contributed by atoms with Crippen LogP contribution >= 0.6 is 27.7 Å². The lowest BCUT2D eigenvalue weighted by Gasteiger charge is -2.30. The molecule has 0 unspecified atom stereocenters. The van der Waals surface area contributed by atoms with Crippen LogP contribution in [0.5, 0.6) is 0 Å². The Bertz CT molecular complexity index is 726. The summed E-state index contributed by atoms with van der Waals surface area (Å²) in [6, 6.07) is 13.6. The van der Waals surface area contributed by atoms with Crippen molar-refractivity contribution in [2.45, 2.75) is 11.8 Å². The molecule has 0 fully saturated rings. The largest absolute Gasteiger partial charge is 0.271 e. The zero-order chi connectivity index (χ0) is 14.3. The number of nitrogens with zero attached hydrogens (tertiary/aromatic N) is 1. The van der Waals surface area contributed by atoms with Gasteiger partial charge in [0.2, 0.25) is 0 Å². The molecule has 0 N–H and O–H groups in total. The minimum Gasteiger partial charge on any atom is -0.271 e. The summed E-state index contributed by atoms with van der Waals surface area (Å²) in [6.45, 7) is 6.04. The van der Waals surface area contributed by atoms with Crippen LogP contribution in [0.15, 0.2) is 63.4 Å². The summed E-state index contributed by atoms with van der Waals surface area (Å²) >= 11 is 4.95. The highest BCUT2D eigenvalue weighted by Gasteiger charge is 2.30. The van der Waals surface area contributed by atoms with Gasteiger partial charge in [-0.2, -0.15) is 0 Å². The second kappa shape index (κ2) is 5.11. The highest BCUT2D eigenvalue weighted by Crippen LogP contribution is 2.41. The number of rotatable bonds is 1. The molecule has 1 amide bonds. The molecule has 20 heavy (non-hydrogen) atoms. The fourth-order valence-corrected chi connectivity index (χ4v) is 3.50. The maximum absolute atomic E-state index is 12.8. The van der Waals surface area contributed by atoms with E-state index in [-0.39, 0.29) is 5.91 Å². The minimum absolute atomic E-state index is 0.0284. The zero-order valence-corrected chi connectivity index (χ0v) is 13.3. The molecule has 100 valence electrons. The van der Waals surface area contributed by atoms with Crippen molar-refractivity contribution in [2.24, 2.45) is 0 Å². The van der Waals surface area contributed by atoms with Crippen LogP contribution in [0.2, 0.25) is 0 Å². The van der Waals surface area contributed by atoms with Crippen LogP contribution in [0, 0.1) is 6.92 Å². The van der Waals surface area contributed by atoms with Gasteiger partial charge in [-0.25, -0.2) is 0 Å². The van der Waals surface area contributed by atoms with Crippen LogP contribution in [0.25, 0.3) is 0 Å². The van der Waals surface area contributed by atoms with Crippen molar-refractivity contribution >= 4 is 39.3 Å². The van der Waals surface area contributed by atoms with Gasteiger partial charge in [0.15, 0.2) is 0 Å². The summed E-state index contributed by atoms with van der Waals surface area (Å²) in [6.07, 6.45) is 0. The molecule has 1 heterocycles. The average molecular weight is 346 g/mol. The van der Waals surface area contributed by atoms with Crippen molar-refractivity contribution in [2.75, 3.05) is 4.90 Å². The molecule has 0 aliphatic carbocycles. The molecule has 0 radical (unpaired) electrons. The minimum atomic E-state index is -0.0284. The third-order valence-corrected chi connectivity index (χ3v) is 4.70. The normalized spacial score (nSPS) is 14.4. The second-order valence-electron chi connectivity index (χ2n) is 4.56. The fourth-order valence-electron chi connectivity index (χ4n) is 2.22. The Balaban J connectivity index is 2.13. The Labute approximate surface area is 130 Å². The van der Waals surface area contributed by atoms with Crippen molar-refractivity contribution < 1.29 is 4.79 Å². The Morgan fingerprint density at radius 3 is 2.70 bits per heavy atom. The molecule has 4 heteroatoms. The van der Waals surface area contributed by atoms with Gasteiger partial charge in [0.25, 0.3) is 5.91 Å². The monoisotopic (exact) mass is 345 g/mol. The number of aryl methyl sites for hydroxylation is 1. The van der Waals surface area contributed by atoms with Crippen molar-refractivity contribution in [3.8, 4) is 0 Å². The van der Waals surface area contributed by atoms with Crippen molar-refractivity contribution in [1.29, 1.82) is 0 Å². The van der Waals surface area contributed by atoms with Gasteiger partial charge in [0.05, 0.1) is 16.3 Å². The fraction of sp³-hybridized carbons (Fsp3) is 0.0625. The van der Waals surface area contributed by atoms with Crippen LogP contribution in [-0.2, 0) is 0 Å². The molecule has 2 aromatic carbocycles. The molecule has 1 aliphatic heterocycles. The second-order valence-corrected chi connectivity index (χ2v) is 6.59. The topological polar surface area (TPSA) is 20.3 Å². The number of halogens is 1. The number of amides is 1. The number of carbonyl (C=O) groups is 1. The quantitative estimate of drug-likeness (QED) is 0.726. The lowest BCUT2D eigenvalue weighted by atomic mass is 10.1. The van der Waals surface area contributed by atoms with Gasteiger partial charge in [-0.15, -0.1) is 0 Å². The van der Waals surface area contributed by atoms with E-state index in [1.165, 1.54) is 11.8 Å². The van der Waals surface area contributed by atoms with Crippen LogP contribution < -0.4 is 4.90 Å². The molecule has 2 aromatic rings. The molecule has 0 spiro atoms. The SMILES string of the molecule is C=C1Sc2ccc(Br)cc2C(=O)N1c1ccccc1C.